The topological polar surface area (TPSA) is 172 Å². The maximum absolute atomic E-state index is 12.6. The summed E-state index contributed by atoms with van der Waals surface area (Å²) in [6.07, 6.45) is 4.39. The predicted octanol–water partition coefficient (Wildman–Crippen LogP) is 2.63. The first-order valence-corrected chi connectivity index (χ1v) is 14.1. The largest absolute Gasteiger partial charge is 0.504 e. The fourth-order valence-corrected chi connectivity index (χ4v) is 5.80. The van der Waals surface area contributed by atoms with Crippen LogP contribution in [0, 0.1) is 0 Å². The fourth-order valence-electron chi connectivity index (χ4n) is 4.55. The summed E-state index contributed by atoms with van der Waals surface area (Å²) >= 11 is 5.62. The first kappa shape index (κ1) is 25.5. The molecule has 5 N–H and O–H groups in total. The van der Waals surface area contributed by atoms with E-state index in [-0.39, 0.29) is 22.3 Å². The van der Waals surface area contributed by atoms with Crippen LogP contribution in [0.3, 0.4) is 0 Å². The Kier molecular flexibility index (Phi) is 6.43. The third-order valence-corrected chi connectivity index (χ3v) is 8.24. The van der Waals surface area contributed by atoms with Gasteiger partial charge in [-0.05, 0) is 48.6 Å². The zero-order valence-corrected chi connectivity index (χ0v) is 22.4. The molecule has 0 amide bonds. The Hall–Kier alpha value is -4.76. The van der Waals surface area contributed by atoms with Gasteiger partial charge in [-0.25, -0.2) is 33.1 Å². The zero-order chi connectivity index (χ0) is 27.9. The molecule has 0 unspecified atom stereocenters. The molecule has 1 fully saturated rings. The van der Waals surface area contributed by atoms with Crippen LogP contribution < -0.4 is 14.9 Å². The van der Waals surface area contributed by atoms with E-state index in [1.807, 2.05) is 4.90 Å². The van der Waals surface area contributed by atoms with E-state index in [2.05, 4.69) is 39.9 Å². The van der Waals surface area contributed by atoms with Gasteiger partial charge in [-0.1, -0.05) is 0 Å². The SMILES string of the molecule is O=S(=O)(Nc1ncccn1)c1ccc(NC(=S)N2CCN(c3ncnc4[nH]c5cc(O)c(O)cc5c34)CC2)cc1. The highest BCUT2D eigenvalue weighted by Crippen LogP contribution is 2.37. The minimum Gasteiger partial charge on any atom is -0.504 e. The number of nitrogens with one attached hydrogen (secondary N) is 3. The molecular weight excluding hydrogens is 554 g/mol. The Bertz CT molecular complexity index is 1820. The lowest BCUT2D eigenvalue weighted by Gasteiger charge is -2.37. The van der Waals surface area contributed by atoms with Gasteiger partial charge in [0.15, 0.2) is 16.6 Å². The van der Waals surface area contributed by atoms with E-state index in [1.54, 1.807) is 18.2 Å². The molecule has 40 heavy (non-hydrogen) atoms. The number of phenols is 2. The third kappa shape index (κ3) is 4.87. The zero-order valence-electron chi connectivity index (χ0n) is 20.8. The second-order valence-corrected chi connectivity index (χ2v) is 11.1. The number of sulfonamides is 1. The van der Waals surface area contributed by atoms with Gasteiger partial charge in [0.1, 0.15) is 17.8 Å². The average Bonchev–Trinajstić information content (AvgIpc) is 3.31. The number of fused-ring (bicyclic) bond motifs is 3. The van der Waals surface area contributed by atoms with Gasteiger partial charge >= 0.3 is 0 Å². The quantitative estimate of drug-likeness (QED) is 0.153. The second kappa shape index (κ2) is 10.1. The van der Waals surface area contributed by atoms with Gasteiger partial charge in [-0.3, -0.25) is 0 Å². The van der Waals surface area contributed by atoms with Gasteiger partial charge in [0, 0.05) is 55.7 Å². The molecule has 5 aromatic rings. The molecule has 2 aromatic carbocycles. The molecule has 6 rings (SSSR count). The van der Waals surface area contributed by atoms with Crippen molar-refractivity contribution < 1.29 is 18.6 Å². The van der Waals surface area contributed by atoms with Crippen LogP contribution in [0.1, 0.15) is 0 Å². The molecule has 1 saturated heterocycles. The highest BCUT2D eigenvalue weighted by Gasteiger charge is 2.24. The van der Waals surface area contributed by atoms with Crippen molar-refractivity contribution in [2.24, 2.45) is 0 Å². The van der Waals surface area contributed by atoms with E-state index in [9.17, 15) is 18.6 Å². The maximum atomic E-state index is 12.6. The number of benzene rings is 2. The van der Waals surface area contributed by atoms with Crippen molar-refractivity contribution in [2.75, 3.05) is 41.1 Å². The Labute approximate surface area is 233 Å². The molecule has 1 aliphatic heterocycles. The number of rotatable bonds is 5. The van der Waals surface area contributed by atoms with Crippen LogP contribution in [-0.2, 0) is 10.0 Å². The molecule has 0 radical (unpaired) electrons. The van der Waals surface area contributed by atoms with E-state index >= 15 is 0 Å². The van der Waals surface area contributed by atoms with E-state index in [1.165, 1.54) is 43.0 Å². The molecule has 0 spiro atoms. The van der Waals surface area contributed by atoms with Crippen molar-refractivity contribution in [3.05, 3.63) is 61.2 Å². The molecule has 0 aliphatic carbocycles. The number of aromatic amines is 1. The summed E-state index contributed by atoms with van der Waals surface area (Å²) in [5, 5.41) is 25.1. The van der Waals surface area contributed by atoms with E-state index in [4.69, 9.17) is 12.2 Å². The summed E-state index contributed by atoms with van der Waals surface area (Å²) in [7, 11) is -3.83. The lowest BCUT2D eigenvalue weighted by molar-refractivity contribution is 0.390. The number of aromatic nitrogens is 5. The van der Waals surface area contributed by atoms with Crippen LogP contribution in [0.5, 0.6) is 11.5 Å². The lowest BCUT2D eigenvalue weighted by Crippen LogP contribution is -2.50. The first-order chi connectivity index (χ1) is 19.3. The van der Waals surface area contributed by atoms with E-state index in [0.29, 0.717) is 48.1 Å². The Morgan fingerprint density at radius 2 is 1.65 bits per heavy atom. The minimum absolute atomic E-state index is 0.00476. The maximum Gasteiger partial charge on any atom is 0.264 e. The van der Waals surface area contributed by atoms with E-state index < -0.39 is 10.0 Å². The number of aromatic hydroxyl groups is 2. The molecule has 4 heterocycles. The minimum atomic E-state index is -3.83. The van der Waals surface area contributed by atoms with Gasteiger partial charge < -0.3 is 30.3 Å². The summed E-state index contributed by atoms with van der Waals surface area (Å²) in [5.74, 6) is 0.301. The fraction of sp³-hybridized carbons (Fsp3) is 0.160. The van der Waals surface area contributed by atoms with Gasteiger partial charge in [0.25, 0.3) is 10.0 Å². The Balaban J connectivity index is 1.11. The summed E-state index contributed by atoms with van der Waals surface area (Å²) in [4.78, 5) is 24.0. The number of piperazine rings is 1. The number of hydrogen-bond donors (Lipinski definition) is 5. The van der Waals surface area contributed by atoms with Crippen molar-refractivity contribution in [3.8, 4) is 11.5 Å². The predicted molar refractivity (Wildman–Crippen MR) is 154 cm³/mol. The molecule has 13 nitrogen and oxygen atoms in total. The standard InChI is InChI=1S/C25H23N9O4S2/c35-19-12-17-18(13-20(19)36)31-22-21(17)23(29-14-28-22)33-8-10-34(11-9-33)25(39)30-15-2-4-16(5-3-15)40(37,38)32-24-26-6-1-7-27-24/h1-7,12-14,35-36H,8-11H2,(H,30,39)(H,26,27,32)(H,28,29,31). The van der Waals surface area contributed by atoms with Gasteiger partial charge in [0.05, 0.1) is 15.8 Å². The van der Waals surface area contributed by atoms with Crippen LogP contribution in [0.2, 0.25) is 0 Å². The summed E-state index contributed by atoms with van der Waals surface area (Å²) < 4.78 is 27.6. The number of H-pyrrole nitrogens is 1. The third-order valence-electron chi connectivity index (χ3n) is 6.54. The Morgan fingerprint density at radius 1 is 0.950 bits per heavy atom. The van der Waals surface area contributed by atoms with Gasteiger partial charge in [0.2, 0.25) is 5.95 Å². The lowest BCUT2D eigenvalue weighted by atomic mass is 10.1. The van der Waals surface area contributed by atoms with Gasteiger partial charge in [-0.2, -0.15) is 0 Å². The molecule has 3 aromatic heterocycles. The van der Waals surface area contributed by atoms with Crippen LogP contribution in [0.4, 0.5) is 17.5 Å². The van der Waals surface area contributed by atoms with Crippen molar-refractivity contribution in [1.82, 2.24) is 29.8 Å². The molecule has 1 aliphatic rings. The van der Waals surface area contributed by atoms with Crippen molar-refractivity contribution in [2.45, 2.75) is 4.90 Å². The highest BCUT2D eigenvalue weighted by atomic mass is 32.2. The van der Waals surface area contributed by atoms with Crippen LogP contribution in [0.25, 0.3) is 21.9 Å². The molecule has 0 bridgehead atoms. The summed E-state index contributed by atoms with van der Waals surface area (Å²) in [6.45, 7) is 2.52. The van der Waals surface area contributed by atoms with Crippen molar-refractivity contribution in [1.29, 1.82) is 0 Å². The smallest absolute Gasteiger partial charge is 0.264 e. The number of hydrogen-bond acceptors (Lipinski definition) is 10. The van der Waals surface area contributed by atoms with Gasteiger partial charge in [-0.15, -0.1) is 0 Å². The average molecular weight is 578 g/mol. The molecule has 0 atom stereocenters. The number of anilines is 3. The van der Waals surface area contributed by atoms with Crippen molar-refractivity contribution in [3.63, 3.8) is 0 Å². The first-order valence-electron chi connectivity index (χ1n) is 12.2. The van der Waals surface area contributed by atoms with E-state index in [0.717, 1.165) is 16.6 Å². The number of thiocarbonyl (C=S) groups is 1. The molecular formula is C25H23N9O4S2. The normalized spacial score (nSPS) is 14.0. The van der Waals surface area contributed by atoms with Crippen LogP contribution in [0.15, 0.2) is 66.1 Å². The number of nitrogens with zero attached hydrogens (tertiary/aromatic N) is 6. The van der Waals surface area contributed by atoms with Crippen LogP contribution >= 0.6 is 12.2 Å². The van der Waals surface area contributed by atoms with Crippen LogP contribution in [-0.4, -0.2) is 79.7 Å². The molecule has 204 valence electrons. The molecule has 0 saturated carbocycles. The second-order valence-electron chi connectivity index (χ2n) is 9.04. The van der Waals surface area contributed by atoms with Crippen molar-refractivity contribution >= 4 is 66.7 Å². The highest BCUT2D eigenvalue weighted by molar-refractivity contribution is 7.92. The monoisotopic (exact) mass is 577 g/mol. The molecule has 15 heteroatoms. The number of phenolic OH excluding ortho intramolecular Hbond substituents is 2. The summed E-state index contributed by atoms with van der Waals surface area (Å²) in [5.41, 5.74) is 1.92. The summed E-state index contributed by atoms with van der Waals surface area (Å²) in [6, 6.07) is 10.8. The Morgan fingerprint density at radius 3 is 2.38 bits per heavy atom.